The van der Waals surface area contributed by atoms with Crippen molar-refractivity contribution in [2.24, 2.45) is 11.8 Å². The molecule has 0 saturated heterocycles. The zero-order chi connectivity index (χ0) is 12.1. The summed E-state index contributed by atoms with van der Waals surface area (Å²) in [5.74, 6) is 0.884. The van der Waals surface area contributed by atoms with Gasteiger partial charge in [-0.2, -0.15) is 0 Å². The molecule has 3 aliphatic carbocycles. The first-order chi connectivity index (χ1) is 8.25. The molecule has 3 aliphatic rings. The Hall–Kier alpha value is -0.660. The van der Waals surface area contributed by atoms with E-state index in [1.54, 1.807) is 0 Å². The Morgan fingerprint density at radius 2 is 1.71 bits per heavy atom. The van der Waals surface area contributed by atoms with Crippen LogP contribution in [0.4, 0.5) is 8.78 Å². The number of fused-ring (bicyclic) bond motifs is 2. The third kappa shape index (κ3) is 3.93. The predicted molar refractivity (Wildman–Crippen MR) is 67.4 cm³/mol. The molecule has 0 aromatic rings. The highest BCUT2D eigenvalue weighted by Gasteiger charge is 2.35. The van der Waals surface area contributed by atoms with E-state index in [-0.39, 0.29) is 0 Å². The largest absolute Gasteiger partial charge is 0.247 e. The smallest absolute Gasteiger partial charge is 0.107 e. The van der Waals surface area contributed by atoms with Gasteiger partial charge in [0.15, 0.2) is 0 Å². The summed E-state index contributed by atoms with van der Waals surface area (Å²) in [6.07, 6.45) is 13.8. The number of hydrogen-bond acceptors (Lipinski definition) is 0. The molecule has 0 radical (unpaired) electrons. The van der Waals surface area contributed by atoms with E-state index in [1.165, 1.54) is 0 Å². The SMILES string of the molecule is FC1CC/C=C\CCC1.FC1CC2C=CC1C2. The van der Waals surface area contributed by atoms with Crippen LogP contribution in [0.5, 0.6) is 0 Å². The third-order valence-corrected chi connectivity index (χ3v) is 3.90. The molecule has 1 fully saturated rings. The summed E-state index contributed by atoms with van der Waals surface area (Å²) < 4.78 is 25.2. The molecular weight excluding hydrogens is 218 g/mol. The summed E-state index contributed by atoms with van der Waals surface area (Å²) in [6, 6.07) is 0. The topological polar surface area (TPSA) is 0 Å². The average Bonchev–Trinajstić information content (AvgIpc) is 2.85. The minimum absolute atomic E-state index is 0.292. The second-order valence-electron chi connectivity index (χ2n) is 5.37. The lowest BCUT2D eigenvalue weighted by molar-refractivity contribution is 0.290. The van der Waals surface area contributed by atoms with Crippen molar-refractivity contribution in [3.8, 4) is 0 Å². The van der Waals surface area contributed by atoms with E-state index in [4.69, 9.17) is 0 Å². The molecule has 0 N–H and O–H groups in total. The highest BCUT2D eigenvalue weighted by atomic mass is 19.1. The van der Waals surface area contributed by atoms with E-state index in [0.717, 1.165) is 44.9 Å². The fraction of sp³-hybridized carbons (Fsp3) is 0.733. The summed E-state index contributed by atoms with van der Waals surface area (Å²) in [5, 5.41) is 0. The predicted octanol–water partition coefficient (Wildman–Crippen LogP) is 4.77. The zero-order valence-corrected chi connectivity index (χ0v) is 10.3. The van der Waals surface area contributed by atoms with E-state index in [2.05, 4.69) is 18.2 Å². The lowest BCUT2D eigenvalue weighted by atomic mass is 10.0. The Bertz CT molecular complexity index is 283. The maximum absolute atomic E-state index is 12.6. The first-order valence-corrected chi connectivity index (χ1v) is 6.87. The lowest BCUT2D eigenvalue weighted by Crippen LogP contribution is -2.05. The van der Waals surface area contributed by atoms with Gasteiger partial charge in [0.25, 0.3) is 0 Å². The van der Waals surface area contributed by atoms with Gasteiger partial charge in [-0.25, -0.2) is 8.78 Å². The first kappa shape index (κ1) is 12.8. The molecule has 0 aromatic heterocycles. The highest BCUT2D eigenvalue weighted by molar-refractivity contribution is 5.10. The standard InChI is InChI=1S/C8H13F.C7H9F/c9-8-6-4-2-1-3-5-7-8;8-7-4-5-1-2-6(7)3-5/h1-2,8H,3-7H2;1-2,5-7H,3-4H2/b2-1-;. The van der Waals surface area contributed by atoms with Crippen LogP contribution in [0.1, 0.15) is 44.9 Å². The molecule has 3 rings (SSSR count). The van der Waals surface area contributed by atoms with Crippen LogP contribution in [0.2, 0.25) is 0 Å². The van der Waals surface area contributed by atoms with Crippen LogP contribution in [-0.2, 0) is 0 Å². The quantitative estimate of drug-likeness (QED) is 0.535. The molecule has 17 heavy (non-hydrogen) atoms. The van der Waals surface area contributed by atoms with E-state index in [9.17, 15) is 8.78 Å². The Morgan fingerprint density at radius 3 is 2.29 bits per heavy atom. The number of rotatable bonds is 0. The molecule has 2 bridgehead atoms. The summed E-state index contributed by atoms with van der Waals surface area (Å²) in [5.41, 5.74) is 0. The Kier molecular flexibility index (Phi) is 4.75. The third-order valence-electron chi connectivity index (χ3n) is 3.90. The number of allylic oxidation sites excluding steroid dienone is 4. The van der Waals surface area contributed by atoms with Crippen LogP contribution in [0.15, 0.2) is 24.3 Å². The molecule has 0 heterocycles. The Balaban J connectivity index is 0.000000127. The average molecular weight is 240 g/mol. The maximum atomic E-state index is 12.6. The fourth-order valence-electron chi connectivity index (χ4n) is 2.83. The van der Waals surface area contributed by atoms with Crippen molar-refractivity contribution in [2.75, 3.05) is 0 Å². The van der Waals surface area contributed by atoms with Gasteiger partial charge in [-0.3, -0.25) is 0 Å². The molecule has 0 amide bonds. The molecule has 1 saturated carbocycles. The molecule has 4 atom stereocenters. The maximum Gasteiger partial charge on any atom is 0.107 e. The van der Waals surface area contributed by atoms with Crippen LogP contribution >= 0.6 is 0 Å². The van der Waals surface area contributed by atoms with Crippen molar-refractivity contribution in [1.82, 2.24) is 0 Å². The number of halogens is 2. The zero-order valence-electron chi connectivity index (χ0n) is 10.3. The van der Waals surface area contributed by atoms with Crippen LogP contribution < -0.4 is 0 Å². The van der Waals surface area contributed by atoms with Gasteiger partial charge in [0.1, 0.15) is 12.3 Å². The minimum atomic E-state index is -0.532. The van der Waals surface area contributed by atoms with Crippen molar-refractivity contribution in [1.29, 1.82) is 0 Å². The van der Waals surface area contributed by atoms with Crippen LogP contribution in [0, 0.1) is 11.8 Å². The van der Waals surface area contributed by atoms with E-state index < -0.39 is 12.3 Å². The molecule has 4 unspecified atom stereocenters. The van der Waals surface area contributed by atoms with Crippen molar-refractivity contribution < 1.29 is 8.78 Å². The molecular formula is C15H22F2. The normalized spacial score (nSPS) is 41.3. The summed E-state index contributed by atoms with van der Waals surface area (Å²) in [7, 11) is 0. The van der Waals surface area contributed by atoms with Crippen molar-refractivity contribution >= 4 is 0 Å². The molecule has 0 aromatic carbocycles. The summed E-state index contributed by atoms with van der Waals surface area (Å²) in [4.78, 5) is 0. The van der Waals surface area contributed by atoms with E-state index in [1.807, 2.05) is 6.08 Å². The van der Waals surface area contributed by atoms with Gasteiger partial charge in [-0.15, -0.1) is 0 Å². The van der Waals surface area contributed by atoms with Gasteiger partial charge >= 0.3 is 0 Å². The second-order valence-corrected chi connectivity index (χ2v) is 5.37. The van der Waals surface area contributed by atoms with Gasteiger partial charge in [0.05, 0.1) is 0 Å². The minimum Gasteiger partial charge on any atom is -0.247 e. The monoisotopic (exact) mass is 240 g/mol. The number of alkyl halides is 2. The van der Waals surface area contributed by atoms with Crippen molar-refractivity contribution in [3.63, 3.8) is 0 Å². The highest BCUT2D eigenvalue weighted by Crippen LogP contribution is 2.40. The summed E-state index contributed by atoms with van der Waals surface area (Å²) >= 11 is 0. The van der Waals surface area contributed by atoms with Gasteiger partial charge < -0.3 is 0 Å². The van der Waals surface area contributed by atoms with Gasteiger partial charge in [0.2, 0.25) is 0 Å². The summed E-state index contributed by atoms with van der Waals surface area (Å²) in [6.45, 7) is 0. The van der Waals surface area contributed by atoms with Gasteiger partial charge in [-0.05, 0) is 50.9 Å². The fourth-order valence-corrected chi connectivity index (χ4v) is 2.83. The lowest BCUT2D eigenvalue weighted by Gasteiger charge is -2.07. The molecule has 0 aliphatic heterocycles. The van der Waals surface area contributed by atoms with Crippen LogP contribution in [0.25, 0.3) is 0 Å². The molecule has 0 nitrogen and oxygen atoms in total. The number of hydrogen-bond donors (Lipinski definition) is 0. The van der Waals surface area contributed by atoms with E-state index in [0.29, 0.717) is 11.8 Å². The van der Waals surface area contributed by atoms with Gasteiger partial charge in [0, 0.05) is 5.92 Å². The molecule has 0 spiro atoms. The van der Waals surface area contributed by atoms with E-state index >= 15 is 0 Å². The van der Waals surface area contributed by atoms with Crippen molar-refractivity contribution in [3.05, 3.63) is 24.3 Å². The Morgan fingerprint density at radius 1 is 0.882 bits per heavy atom. The van der Waals surface area contributed by atoms with Crippen molar-refractivity contribution in [2.45, 2.75) is 57.3 Å². The van der Waals surface area contributed by atoms with Crippen LogP contribution in [0.3, 0.4) is 0 Å². The molecule has 2 heteroatoms. The van der Waals surface area contributed by atoms with Gasteiger partial charge in [-0.1, -0.05) is 24.3 Å². The molecule has 96 valence electrons. The first-order valence-electron chi connectivity index (χ1n) is 6.87. The van der Waals surface area contributed by atoms with Crippen LogP contribution in [-0.4, -0.2) is 12.3 Å². The second kappa shape index (κ2) is 6.32. The Labute approximate surface area is 103 Å².